The molecule has 1 N–H and O–H groups in total. The molecule has 2 aliphatic rings. The molecule has 0 fully saturated rings. The van der Waals surface area contributed by atoms with Gasteiger partial charge in [0.15, 0.2) is 12.4 Å². The molecule has 4 nitrogen and oxygen atoms in total. The highest BCUT2D eigenvalue weighted by molar-refractivity contribution is 6.04. The number of Topliss-reactive ketones (excluding diaryl/α,β-unsaturated/α-hetero) is 1. The minimum atomic E-state index is -0.149. The number of nitrogens with one attached hydrogen (secondary N) is 1. The predicted molar refractivity (Wildman–Crippen MR) is 104 cm³/mol. The highest BCUT2D eigenvalue weighted by Crippen LogP contribution is 2.40. The SMILES string of the molecule is Cc1ccc(OCC(=O)N[C@H]2CCCc3ccccc32)c2c1[C@@H](C)CC2=O. The van der Waals surface area contributed by atoms with Crippen molar-refractivity contribution >= 4 is 11.7 Å². The first-order valence-corrected chi connectivity index (χ1v) is 9.71. The number of rotatable bonds is 4. The fourth-order valence-corrected chi connectivity index (χ4v) is 4.51. The van der Waals surface area contributed by atoms with E-state index in [2.05, 4.69) is 24.4 Å². The molecule has 2 aliphatic carbocycles. The summed E-state index contributed by atoms with van der Waals surface area (Å²) in [6, 6.07) is 12.1. The molecular weight excluding hydrogens is 338 g/mol. The van der Waals surface area contributed by atoms with Gasteiger partial charge < -0.3 is 10.1 Å². The van der Waals surface area contributed by atoms with Gasteiger partial charge in [-0.3, -0.25) is 9.59 Å². The zero-order valence-corrected chi connectivity index (χ0v) is 15.9. The zero-order valence-electron chi connectivity index (χ0n) is 15.9. The molecule has 140 valence electrons. The molecule has 4 heteroatoms. The topological polar surface area (TPSA) is 55.4 Å². The Labute approximate surface area is 159 Å². The van der Waals surface area contributed by atoms with Crippen LogP contribution in [0.3, 0.4) is 0 Å². The van der Waals surface area contributed by atoms with Crippen LogP contribution in [0.4, 0.5) is 0 Å². The lowest BCUT2D eigenvalue weighted by Crippen LogP contribution is -2.34. The van der Waals surface area contributed by atoms with Crippen LogP contribution < -0.4 is 10.1 Å². The Bertz CT molecular complexity index is 902. The van der Waals surface area contributed by atoms with Crippen LogP contribution in [0.25, 0.3) is 0 Å². The summed E-state index contributed by atoms with van der Waals surface area (Å²) < 4.78 is 5.78. The van der Waals surface area contributed by atoms with E-state index in [1.165, 1.54) is 11.1 Å². The Balaban J connectivity index is 1.45. The molecule has 2 aromatic carbocycles. The summed E-state index contributed by atoms with van der Waals surface area (Å²) in [4.78, 5) is 24.9. The standard InChI is InChI=1S/C23H25NO3/c1-14-10-11-20(23-19(25)12-15(2)22(14)23)27-13-21(26)24-18-9-5-7-16-6-3-4-8-17(16)18/h3-4,6,8,10-11,15,18H,5,7,9,12-13H2,1-2H3,(H,24,26)/t15-,18-/m0/s1. The number of ether oxygens (including phenoxy) is 1. The second kappa shape index (κ2) is 7.18. The number of hydrogen-bond donors (Lipinski definition) is 1. The summed E-state index contributed by atoms with van der Waals surface area (Å²) in [7, 11) is 0. The number of ketones is 1. The Morgan fingerprint density at radius 2 is 2.04 bits per heavy atom. The van der Waals surface area contributed by atoms with Gasteiger partial charge in [0.25, 0.3) is 5.91 Å². The van der Waals surface area contributed by atoms with E-state index in [9.17, 15) is 9.59 Å². The van der Waals surface area contributed by atoms with Crippen LogP contribution in [0, 0.1) is 6.92 Å². The Morgan fingerprint density at radius 1 is 1.22 bits per heavy atom. The monoisotopic (exact) mass is 363 g/mol. The van der Waals surface area contributed by atoms with E-state index in [0.29, 0.717) is 17.7 Å². The third kappa shape index (κ3) is 3.36. The zero-order chi connectivity index (χ0) is 19.0. The second-order valence-corrected chi connectivity index (χ2v) is 7.70. The number of hydrogen-bond acceptors (Lipinski definition) is 3. The largest absolute Gasteiger partial charge is 0.483 e. The molecule has 0 heterocycles. The van der Waals surface area contributed by atoms with Gasteiger partial charge in [-0.05, 0) is 60.4 Å². The van der Waals surface area contributed by atoms with E-state index in [4.69, 9.17) is 4.74 Å². The highest BCUT2D eigenvalue weighted by atomic mass is 16.5. The van der Waals surface area contributed by atoms with Crippen molar-refractivity contribution < 1.29 is 14.3 Å². The molecule has 0 aromatic heterocycles. The van der Waals surface area contributed by atoms with Crippen LogP contribution in [-0.2, 0) is 11.2 Å². The van der Waals surface area contributed by atoms with Crippen LogP contribution in [-0.4, -0.2) is 18.3 Å². The predicted octanol–water partition coefficient (Wildman–Crippen LogP) is 4.26. The van der Waals surface area contributed by atoms with E-state index >= 15 is 0 Å². The van der Waals surface area contributed by atoms with Crippen LogP contribution in [0.15, 0.2) is 36.4 Å². The van der Waals surface area contributed by atoms with E-state index in [0.717, 1.165) is 30.4 Å². The summed E-state index contributed by atoms with van der Waals surface area (Å²) in [5.74, 6) is 0.704. The van der Waals surface area contributed by atoms with E-state index in [-0.39, 0.29) is 30.3 Å². The average Bonchev–Trinajstić information content (AvgIpc) is 2.97. The smallest absolute Gasteiger partial charge is 0.258 e. The summed E-state index contributed by atoms with van der Waals surface area (Å²) in [5.41, 5.74) is 5.36. The van der Waals surface area contributed by atoms with Gasteiger partial charge >= 0.3 is 0 Å². The van der Waals surface area contributed by atoms with Crippen LogP contribution in [0.5, 0.6) is 5.75 Å². The van der Waals surface area contributed by atoms with Gasteiger partial charge in [0.2, 0.25) is 0 Å². The Kier molecular flexibility index (Phi) is 4.73. The van der Waals surface area contributed by atoms with Gasteiger partial charge in [-0.1, -0.05) is 37.3 Å². The van der Waals surface area contributed by atoms with Crippen molar-refractivity contribution in [2.24, 2.45) is 0 Å². The molecular formula is C23H25NO3. The minimum Gasteiger partial charge on any atom is -0.483 e. The van der Waals surface area contributed by atoms with Gasteiger partial charge in [-0.2, -0.15) is 0 Å². The van der Waals surface area contributed by atoms with Crippen molar-refractivity contribution in [2.75, 3.05) is 6.61 Å². The number of carbonyl (C=O) groups excluding carboxylic acids is 2. The third-order valence-corrected chi connectivity index (χ3v) is 5.75. The normalized spacial score (nSPS) is 20.7. The quantitative estimate of drug-likeness (QED) is 0.883. The molecule has 0 saturated carbocycles. The maximum Gasteiger partial charge on any atom is 0.258 e. The molecule has 0 aliphatic heterocycles. The van der Waals surface area contributed by atoms with Gasteiger partial charge in [-0.15, -0.1) is 0 Å². The molecule has 1 amide bonds. The van der Waals surface area contributed by atoms with Crippen molar-refractivity contribution in [2.45, 2.75) is 51.5 Å². The van der Waals surface area contributed by atoms with Crippen molar-refractivity contribution in [3.05, 3.63) is 64.2 Å². The molecule has 27 heavy (non-hydrogen) atoms. The van der Waals surface area contributed by atoms with Gasteiger partial charge in [0, 0.05) is 6.42 Å². The fraction of sp³-hybridized carbons (Fsp3) is 0.391. The number of benzene rings is 2. The van der Waals surface area contributed by atoms with Crippen LogP contribution >= 0.6 is 0 Å². The molecule has 0 bridgehead atoms. The Hall–Kier alpha value is -2.62. The summed E-state index contributed by atoms with van der Waals surface area (Å²) in [6.45, 7) is 4.01. The van der Waals surface area contributed by atoms with Crippen molar-refractivity contribution in [1.29, 1.82) is 0 Å². The minimum absolute atomic E-state index is 0.0384. The van der Waals surface area contributed by atoms with Gasteiger partial charge in [0.05, 0.1) is 11.6 Å². The highest BCUT2D eigenvalue weighted by Gasteiger charge is 2.31. The summed E-state index contributed by atoms with van der Waals surface area (Å²) >= 11 is 0. The average molecular weight is 363 g/mol. The van der Waals surface area contributed by atoms with Crippen LogP contribution in [0.1, 0.15) is 70.8 Å². The molecule has 0 saturated heterocycles. The van der Waals surface area contributed by atoms with Crippen molar-refractivity contribution in [1.82, 2.24) is 5.32 Å². The first kappa shape index (κ1) is 17.8. The number of amides is 1. The molecule has 2 atom stereocenters. The van der Waals surface area contributed by atoms with E-state index < -0.39 is 0 Å². The van der Waals surface area contributed by atoms with Crippen LogP contribution in [0.2, 0.25) is 0 Å². The van der Waals surface area contributed by atoms with E-state index in [1.54, 1.807) is 0 Å². The maximum absolute atomic E-state index is 12.5. The molecule has 0 unspecified atom stereocenters. The second-order valence-electron chi connectivity index (χ2n) is 7.70. The van der Waals surface area contributed by atoms with Crippen molar-refractivity contribution in [3.8, 4) is 5.75 Å². The molecule has 0 radical (unpaired) electrons. The maximum atomic E-state index is 12.5. The molecule has 4 rings (SSSR count). The summed E-state index contributed by atoms with van der Waals surface area (Å²) in [6.07, 6.45) is 3.59. The first-order chi connectivity index (χ1) is 13.0. The lowest BCUT2D eigenvalue weighted by molar-refractivity contribution is -0.124. The molecule has 2 aromatic rings. The van der Waals surface area contributed by atoms with E-state index in [1.807, 2.05) is 31.2 Å². The summed E-state index contributed by atoms with van der Waals surface area (Å²) in [5, 5.41) is 3.10. The third-order valence-electron chi connectivity index (χ3n) is 5.75. The lowest BCUT2D eigenvalue weighted by Gasteiger charge is -2.26. The van der Waals surface area contributed by atoms with Crippen molar-refractivity contribution in [3.63, 3.8) is 0 Å². The lowest BCUT2D eigenvalue weighted by atomic mass is 9.88. The number of carbonyl (C=O) groups is 2. The first-order valence-electron chi connectivity index (χ1n) is 9.71. The molecule has 0 spiro atoms. The number of aryl methyl sites for hydroxylation is 2. The Morgan fingerprint density at radius 3 is 2.89 bits per heavy atom. The van der Waals surface area contributed by atoms with Gasteiger partial charge in [0.1, 0.15) is 5.75 Å². The van der Waals surface area contributed by atoms with Gasteiger partial charge in [-0.25, -0.2) is 0 Å². The number of fused-ring (bicyclic) bond motifs is 2. The fourth-order valence-electron chi connectivity index (χ4n) is 4.51.